The standard InChI is InChI=1S/C16H18N4O2/c17-9-4-12-20(13-5-10-18)15(21)8-11-19-16(22)14-6-2-1-3-7-14/h1-3,6-7H,4-5,8,11-13H2,(H,19,22). The third-order valence-electron chi connectivity index (χ3n) is 3.00. The van der Waals surface area contributed by atoms with E-state index in [4.69, 9.17) is 10.5 Å². The van der Waals surface area contributed by atoms with E-state index in [0.29, 0.717) is 18.7 Å². The van der Waals surface area contributed by atoms with E-state index in [-0.39, 0.29) is 37.6 Å². The van der Waals surface area contributed by atoms with Gasteiger partial charge in [0.05, 0.1) is 25.0 Å². The molecule has 0 aromatic heterocycles. The summed E-state index contributed by atoms with van der Waals surface area (Å²) >= 11 is 0. The summed E-state index contributed by atoms with van der Waals surface area (Å²) < 4.78 is 0. The van der Waals surface area contributed by atoms with Gasteiger partial charge in [0.15, 0.2) is 0 Å². The maximum atomic E-state index is 12.0. The van der Waals surface area contributed by atoms with Gasteiger partial charge in [-0.05, 0) is 12.1 Å². The maximum absolute atomic E-state index is 12.0. The zero-order chi connectivity index (χ0) is 16.2. The second kappa shape index (κ2) is 9.95. The van der Waals surface area contributed by atoms with Crippen molar-refractivity contribution >= 4 is 11.8 Å². The Morgan fingerprint density at radius 2 is 1.64 bits per heavy atom. The number of hydrogen-bond acceptors (Lipinski definition) is 4. The molecule has 1 aromatic rings. The van der Waals surface area contributed by atoms with Crippen LogP contribution in [0.25, 0.3) is 0 Å². The highest BCUT2D eigenvalue weighted by molar-refractivity contribution is 5.94. The normalized spacial score (nSPS) is 9.36. The van der Waals surface area contributed by atoms with Crippen molar-refractivity contribution in [2.24, 2.45) is 0 Å². The van der Waals surface area contributed by atoms with Crippen molar-refractivity contribution in [2.45, 2.75) is 19.3 Å². The number of hydrogen-bond donors (Lipinski definition) is 1. The fourth-order valence-corrected chi connectivity index (χ4v) is 1.86. The van der Waals surface area contributed by atoms with E-state index >= 15 is 0 Å². The summed E-state index contributed by atoms with van der Waals surface area (Å²) in [6, 6.07) is 12.7. The third kappa shape index (κ3) is 6.06. The topological polar surface area (TPSA) is 97.0 Å². The summed E-state index contributed by atoms with van der Waals surface area (Å²) in [7, 11) is 0. The van der Waals surface area contributed by atoms with Gasteiger partial charge in [-0.2, -0.15) is 10.5 Å². The first-order valence-corrected chi connectivity index (χ1v) is 7.04. The Bertz CT molecular complexity index is 554. The number of nitriles is 2. The lowest BCUT2D eigenvalue weighted by Gasteiger charge is -2.20. The molecule has 6 nitrogen and oxygen atoms in total. The third-order valence-corrected chi connectivity index (χ3v) is 3.00. The first-order chi connectivity index (χ1) is 10.7. The molecule has 0 saturated heterocycles. The number of carbonyl (C=O) groups excluding carboxylic acids is 2. The fraction of sp³-hybridized carbons (Fsp3) is 0.375. The van der Waals surface area contributed by atoms with Crippen molar-refractivity contribution in [1.29, 1.82) is 10.5 Å². The van der Waals surface area contributed by atoms with Crippen molar-refractivity contribution in [1.82, 2.24) is 10.2 Å². The second-order valence-electron chi connectivity index (χ2n) is 4.57. The van der Waals surface area contributed by atoms with Gasteiger partial charge < -0.3 is 10.2 Å². The number of benzene rings is 1. The van der Waals surface area contributed by atoms with Gasteiger partial charge in [-0.15, -0.1) is 0 Å². The smallest absolute Gasteiger partial charge is 0.251 e. The van der Waals surface area contributed by atoms with Gasteiger partial charge in [-0.1, -0.05) is 18.2 Å². The molecule has 114 valence electrons. The Balaban J connectivity index is 2.41. The van der Waals surface area contributed by atoms with Crippen LogP contribution >= 0.6 is 0 Å². The minimum absolute atomic E-state index is 0.148. The molecule has 0 atom stereocenters. The van der Waals surface area contributed by atoms with Crippen LogP contribution in [0.4, 0.5) is 0 Å². The lowest BCUT2D eigenvalue weighted by molar-refractivity contribution is -0.130. The average Bonchev–Trinajstić information content (AvgIpc) is 2.55. The SMILES string of the molecule is N#CCCN(CCC#N)C(=O)CCNC(=O)c1ccccc1. The van der Waals surface area contributed by atoms with Crippen LogP contribution in [0.5, 0.6) is 0 Å². The Kier molecular flexibility index (Phi) is 7.78. The molecule has 0 aliphatic heterocycles. The van der Waals surface area contributed by atoms with Gasteiger partial charge in [0.25, 0.3) is 5.91 Å². The number of rotatable bonds is 8. The van der Waals surface area contributed by atoms with Crippen LogP contribution in [0.15, 0.2) is 30.3 Å². The predicted octanol–water partition coefficient (Wildman–Crippen LogP) is 1.46. The molecule has 1 N–H and O–H groups in total. The summed E-state index contributed by atoms with van der Waals surface area (Å²) in [5.74, 6) is -0.395. The average molecular weight is 298 g/mol. The Hall–Kier alpha value is -2.86. The fourth-order valence-electron chi connectivity index (χ4n) is 1.86. The summed E-state index contributed by atoms with van der Waals surface area (Å²) in [5, 5.41) is 19.9. The van der Waals surface area contributed by atoms with E-state index in [1.807, 2.05) is 18.2 Å². The summed E-state index contributed by atoms with van der Waals surface area (Å²) in [4.78, 5) is 25.3. The molecule has 0 aliphatic rings. The lowest BCUT2D eigenvalue weighted by atomic mass is 10.2. The number of nitrogens with one attached hydrogen (secondary N) is 1. The molecule has 0 aliphatic carbocycles. The number of amides is 2. The molecule has 0 fully saturated rings. The highest BCUT2D eigenvalue weighted by atomic mass is 16.2. The highest BCUT2D eigenvalue weighted by Crippen LogP contribution is 2.00. The zero-order valence-corrected chi connectivity index (χ0v) is 12.3. The first kappa shape index (κ1) is 17.2. The van der Waals surface area contributed by atoms with Gasteiger partial charge in [-0.25, -0.2) is 0 Å². The molecule has 22 heavy (non-hydrogen) atoms. The number of nitrogens with zero attached hydrogens (tertiary/aromatic N) is 3. The van der Waals surface area contributed by atoms with Gasteiger partial charge in [0.1, 0.15) is 0 Å². The van der Waals surface area contributed by atoms with E-state index in [1.165, 1.54) is 4.90 Å². The minimum Gasteiger partial charge on any atom is -0.352 e. The van der Waals surface area contributed by atoms with Crippen LogP contribution in [-0.4, -0.2) is 36.3 Å². The van der Waals surface area contributed by atoms with Crippen LogP contribution in [-0.2, 0) is 4.79 Å². The van der Waals surface area contributed by atoms with E-state index < -0.39 is 0 Å². The van der Waals surface area contributed by atoms with Gasteiger partial charge in [-0.3, -0.25) is 9.59 Å². The van der Waals surface area contributed by atoms with Gasteiger partial charge >= 0.3 is 0 Å². The van der Waals surface area contributed by atoms with Crippen molar-refractivity contribution in [3.05, 3.63) is 35.9 Å². The first-order valence-electron chi connectivity index (χ1n) is 7.04. The van der Waals surface area contributed by atoms with E-state index in [2.05, 4.69) is 5.32 Å². The van der Waals surface area contributed by atoms with E-state index in [1.54, 1.807) is 24.3 Å². The monoisotopic (exact) mass is 298 g/mol. The van der Waals surface area contributed by atoms with Crippen LogP contribution in [0, 0.1) is 22.7 Å². The summed E-state index contributed by atoms with van der Waals surface area (Å²) in [5.41, 5.74) is 0.542. The predicted molar refractivity (Wildman–Crippen MR) is 80.4 cm³/mol. The Morgan fingerprint density at radius 3 is 2.18 bits per heavy atom. The van der Waals surface area contributed by atoms with E-state index in [9.17, 15) is 9.59 Å². The molecule has 0 heterocycles. The molecule has 0 bridgehead atoms. The van der Waals surface area contributed by atoms with Crippen molar-refractivity contribution in [3.8, 4) is 12.1 Å². The Morgan fingerprint density at radius 1 is 1.05 bits per heavy atom. The Labute approximate surface area is 129 Å². The largest absolute Gasteiger partial charge is 0.352 e. The molecule has 1 aromatic carbocycles. The second-order valence-corrected chi connectivity index (χ2v) is 4.57. The number of carbonyl (C=O) groups is 2. The molecule has 6 heteroatoms. The molecular weight excluding hydrogens is 280 g/mol. The van der Waals surface area contributed by atoms with Gasteiger partial charge in [0, 0.05) is 31.6 Å². The van der Waals surface area contributed by atoms with Gasteiger partial charge in [0.2, 0.25) is 5.91 Å². The molecule has 2 amide bonds. The lowest BCUT2D eigenvalue weighted by Crippen LogP contribution is -2.35. The summed E-state index contributed by atoms with van der Waals surface area (Å²) in [6.07, 6.45) is 0.608. The zero-order valence-electron chi connectivity index (χ0n) is 12.3. The van der Waals surface area contributed by atoms with Crippen LogP contribution in [0.1, 0.15) is 29.6 Å². The molecule has 0 spiro atoms. The molecular formula is C16H18N4O2. The van der Waals surface area contributed by atoms with Crippen molar-refractivity contribution < 1.29 is 9.59 Å². The molecule has 0 saturated carbocycles. The quantitative estimate of drug-likeness (QED) is 0.785. The molecule has 0 unspecified atom stereocenters. The van der Waals surface area contributed by atoms with Crippen LogP contribution in [0.2, 0.25) is 0 Å². The molecule has 1 rings (SSSR count). The minimum atomic E-state index is -0.228. The summed E-state index contributed by atoms with van der Waals surface area (Å²) in [6.45, 7) is 0.843. The van der Waals surface area contributed by atoms with Crippen molar-refractivity contribution in [2.75, 3.05) is 19.6 Å². The molecule has 0 radical (unpaired) electrons. The highest BCUT2D eigenvalue weighted by Gasteiger charge is 2.13. The van der Waals surface area contributed by atoms with Crippen LogP contribution in [0.3, 0.4) is 0 Å². The van der Waals surface area contributed by atoms with E-state index in [0.717, 1.165) is 0 Å². The maximum Gasteiger partial charge on any atom is 0.251 e. The van der Waals surface area contributed by atoms with Crippen molar-refractivity contribution in [3.63, 3.8) is 0 Å². The van der Waals surface area contributed by atoms with Crippen LogP contribution < -0.4 is 5.32 Å².